The van der Waals surface area contributed by atoms with E-state index >= 15 is 0 Å². The summed E-state index contributed by atoms with van der Waals surface area (Å²) in [6, 6.07) is 13.6. The van der Waals surface area contributed by atoms with E-state index in [1.165, 1.54) is 12.1 Å². The van der Waals surface area contributed by atoms with Crippen LogP contribution >= 0.6 is 12.4 Å². The molecule has 31 heavy (non-hydrogen) atoms. The van der Waals surface area contributed by atoms with Gasteiger partial charge in [0.05, 0.1) is 11.1 Å². The molecule has 1 aromatic heterocycles. The van der Waals surface area contributed by atoms with Gasteiger partial charge < -0.3 is 4.90 Å². The van der Waals surface area contributed by atoms with Gasteiger partial charge >= 0.3 is 6.18 Å². The number of rotatable bonds is 7. The van der Waals surface area contributed by atoms with Crippen molar-refractivity contribution in [1.29, 1.82) is 0 Å². The van der Waals surface area contributed by atoms with Crippen LogP contribution in [0.1, 0.15) is 24.8 Å². The zero-order valence-electron chi connectivity index (χ0n) is 17.3. The van der Waals surface area contributed by atoms with Crippen molar-refractivity contribution in [2.24, 2.45) is 0 Å². The molecule has 1 saturated heterocycles. The normalized spacial score (nSPS) is 15.3. The molecule has 0 amide bonds. The molecule has 0 atom stereocenters. The van der Waals surface area contributed by atoms with Crippen LogP contribution in [0, 0.1) is 0 Å². The number of hydrogen-bond acceptors (Lipinski definition) is 4. The van der Waals surface area contributed by atoms with Crippen LogP contribution in [0.3, 0.4) is 0 Å². The number of benzene rings is 2. The quantitative estimate of drug-likeness (QED) is 0.478. The zero-order chi connectivity index (χ0) is 21.0. The van der Waals surface area contributed by atoms with E-state index in [9.17, 15) is 13.2 Å². The van der Waals surface area contributed by atoms with Gasteiger partial charge in [0.25, 0.3) is 0 Å². The van der Waals surface area contributed by atoms with Crippen LogP contribution in [0.25, 0.3) is 11.0 Å². The Morgan fingerprint density at radius 1 is 0.839 bits per heavy atom. The topological polar surface area (TPSA) is 37.2 Å². The van der Waals surface area contributed by atoms with Crippen LogP contribution < -0.4 is 4.90 Å². The number of fused-ring (bicyclic) bond motifs is 1. The van der Waals surface area contributed by atoms with Crippen LogP contribution in [0.4, 0.5) is 18.9 Å². The highest BCUT2D eigenvalue weighted by Gasteiger charge is 2.31. The molecule has 3 aromatic rings. The molecule has 1 aliphatic heterocycles. The Balaban J connectivity index is 0.00000272. The van der Waals surface area contributed by atoms with E-state index < -0.39 is 11.7 Å². The summed E-state index contributed by atoms with van der Waals surface area (Å²) in [5.74, 6) is 0. The zero-order valence-corrected chi connectivity index (χ0v) is 18.1. The van der Waals surface area contributed by atoms with E-state index in [0.717, 1.165) is 75.6 Å². The second-order valence-electron chi connectivity index (χ2n) is 7.74. The number of para-hydroxylation sites is 1. The third-order valence-corrected chi connectivity index (χ3v) is 5.68. The van der Waals surface area contributed by atoms with Crippen molar-refractivity contribution in [2.75, 3.05) is 37.6 Å². The highest BCUT2D eigenvalue weighted by Crippen LogP contribution is 2.31. The highest BCUT2D eigenvalue weighted by molar-refractivity contribution is 5.85. The molecule has 5 nitrogen and oxygen atoms in total. The fraction of sp³-hybridized carbons (Fsp3) is 0.455. The Morgan fingerprint density at radius 3 is 2.35 bits per heavy atom. The predicted molar refractivity (Wildman–Crippen MR) is 119 cm³/mol. The fourth-order valence-electron chi connectivity index (χ4n) is 3.96. The van der Waals surface area contributed by atoms with E-state index in [1.807, 2.05) is 33.8 Å². The standard InChI is InChI=1S/C22H26F3N5.ClH/c23-22(24,25)18-7-6-8-19(17-18)29-15-13-28(14-16-29)11-4-1-5-12-30-21-10-3-2-9-20(21)26-27-30;/h2-3,6-10,17H,1,4-5,11-16H2;1H. The molecule has 0 bridgehead atoms. The van der Waals surface area contributed by atoms with Crippen LogP contribution in [0.15, 0.2) is 48.5 Å². The summed E-state index contributed by atoms with van der Waals surface area (Å²) in [4.78, 5) is 4.44. The predicted octanol–water partition coefficient (Wildman–Crippen LogP) is 4.86. The van der Waals surface area contributed by atoms with Gasteiger partial charge in [-0.3, -0.25) is 4.90 Å². The highest BCUT2D eigenvalue weighted by atomic mass is 35.5. The van der Waals surface area contributed by atoms with Crippen LogP contribution in [0.2, 0.25) is 0 Å². The fourth-order valence-corrected chi connectivity index (χ4v) is 3.96. The lowest BCUT2D eigenvalue weighted by atomic mass is 10.1. The number of aromatic nitrogens is 3. The molecule has 1 fully saturated rings. The van der Waals surface area contributed by atoms with Gasteiger partial charge in [-0.05, 0) is 49.7 Å². The third-order valence-electron chi connectivity index (χ3n) is 5.68. The number of hydrogen-bond donors (Lipinski definition) is 0. The molecule has 0 aliphatic carbocycles. The molecule has 0 radical (unpaired) electrons. The van der Waals surface area contributed by atoms with Crippen molar-refractivity contribution >= 4 is 29.1 Å². The molecule has 9 heteroatoms. The molecule has 0 saturated carbocycles. The number of alkyl halides is 3. The minimum atomic E-state index is -4.30. The minimum absolute atomic E-state index is 0. The molecule has 0 spiro atoms. The molecule has 0 N–H and O–H groups in total. The molecule has 4 rings (SSSR count). The van der Waals surface area contributed by atoms with Gasteiger partial charge in [0.2, 0.25) is 0 Å². The van der Waals surface area contributed by atoms with E-state index in [-0.39, 0.29) is 12.4 Å². The Kier molecular flexibility index (Phi) is 7.78. The first-order valence-electron chi connectivity index (χ1n) is 10.4. The first kappa shape index (κ1) is 23.3. The second kappa shape index (κ2) is 10.3. The van der Waals surface area contributed by atoms with Gasteiger partial charge in [0.1, 0.15) is 5.52 Å². The molecular formula is C22H27ClF3N5. The SMILES string of the molecule is Cl.FC(F)(F)c1cccc(N2CCN(CCCCCn3nnc4ccccc43)CC2)c1. The average molecular weight is 454 g/mol. The number of piperazine rings is 1. The average Bonchev–Trinajstić information content (AvgIpc) is 3.17. The monoisotopic (exact) mass is 453 g/mol. The maximum atomic E-state index is 12.9. The van der Waals surface area contributed by atoms with Gasteiger partial charge in [-0.15, -0.1) is 17.5 Å². The van der Waals surface area contributed by atoms with Gasteiger partial charge in [0, 0.05) is 38.4 Å². The van der Waals surface area contributed by atoms with E-state index in [2.05, 4.69) is 15.2 Å². The Bertz CT molecular complexity index is 967. The van der Waals surface area contributed by atoms with Crippen molar-refractivity contribution in [1.82, 2.24) is 19.9 Å². The maximum Gasteiger partial charge on any atom is 0.416 e. The summed E-state index contributed by atoms with van der Waals surface area (Å²) in [7, 11) is 0. The van der Waals surface area contributed by atoms with Crippen molar-refractivity contribution in [3.8, 4) is 0 Å². The third kappa shape index (κ3) is 5.89. The second-order valence-corrected chi connectivity index (χ2v) is 7.74. The van der Waals surface area contributed by atoms with E-state index in [4.69, 9.17) is 0 Å². The number of unbranched alkanes of at least 4 members (excludes halogenated alkanes) is 2. The minimum Gasteiger partial charge on any atom is -0.369 e. The van der Waals surface area contributed by atoms with Crippen LogP contribution in [-0.2, 0) is 12.7 Å². The molecule has 2 heterocycles. The first-order valence-corrected chi connectivity index (χ1v) is 10.4. The molecule has 2 aromatic carbocycles. The molecule has 0 unspecified atom stereocenters. The summed E-state index contributed by atoms with van der Waals surface area (Å²) >= 11 is 0. The van der Waals surface area contributed by atoms with Gasteiger partial charge in [-0.2, -0.15) is 13.2 Å². The first-order chi connectivity index (χ1) is 14.5. The Hall–Kier alpha value is -2.32. The molecule has 168 valence electrons. The van der Waals surface area contributed by atoms with Crippen LogP contribution in [0.5, 0.6) is 0 Å². The summed E-state index contributed by atoms with van der Waals surface area (Å²) < 4.78 is 40.8. The van der Waals surface area contributed by atoms with Gasteiger partial charge in [-0.25, -0.2) is 4.68 Å². The van der Waals surface area contributed by atoms with E-state index in [0.29, 0.717) is 5.69 Å². The Morgan fingerprint density at radius 2 is 1.58 bits per heavy atom. The summed E-state index contributed by atoms with van der Waals surface area (Å²) in [6.07, 6.45) is -1.02. The maximum absolute atomic E-state index is 12.9. The summed E-state index contributed by atoms with van der Waals surface area (Å²) in [5, 5.41) is 8.40. The largest absolute Gasteiger partial charge is 0.416 e. The number of nitrogens with zero attached hydrogens (tertiary/aromatic N) is 5. The summed E-state index contributed by atoms with van der Waals surface area (Å²) in [6.45, 7) is 5.16. The smallest absolute Gasteiger partial charge is 0.369 e. The lowest BCUT2D eigenvalue weighted by molar-refractivity contribution is -0.137. The van der Waals surface area contributed by atoms with E-state index in [1.54, 1.807) is 6.07 Å². The van der Waals surface area contributed by atoms with Crippen molar-refractivity contribution < 1.29 is 13.2 Å². The van der Waals surface area contributed by atoms with Gasteiger partial charge in [-0.1, -0.05) is 29.8 Å². The Labute approximate surface area is 186 Å². The lowest BCUT2D eigenvalue weighted by Crippen LogP contribution is -2.46. The van der Waals surface area contributed by atoms with Crippen molar-refractivity contribution in [3.05, 3.63) is 54.1 Å². The van der Waals surface area contributed by atoms with Gasteiger partial charge in [0.15, 0.2) is 0 Å². The number of anilines is 1. The molecule has 1 aliphatic rings. The molecular weight excluding hydrogens is 427 g/mol. The lowest BCUT2D eigenvalue weighted by Gasteiger charge is -2.36. The van der Waals surface area contributed by atoms with Crippen molar-refractivity contribution in [2.45, 2.75) is 32.0 Å². The van der Waals surface area contributed by atoms with Crippen LogP contribution in [-0.4, -0.2) is 52.6 Å². The van der Waals surface area contributed by atoms with Crippen molar-refractivity contribution in [3.63, 3.8) is 0 Å². The summed E-state index contributed by atoms with van der Waals surface area (Å²) in [5.41, 5.74) is 2.08. The number of halogens is 4. The number of aryl methyl sites for hydroxylation is 1.